The van der Waals surface area contributed by atoms with E-state index in [9.17, 15) is 9.59 Å². The molecule has 0 bridgehead atoms. The highest BCUT2D eigenvalue weighted by Crippen LogP contribution is 2.34. The van der Waals surface area contributed by atoms with Crippen LogP contribution in [0.1, 0.15) is 30.1 Å². The van der Waals surface area contributed by atoms with Gasteiger partial charge in [0.25, 0.3) is 5.56 Å². The smallest absolute Gasteiger partial charge is 0.257 e. The van der Waals surface area contributed by atoms with Crippen molar-refractivity contribution in [1.82, 2.24) is 14.5 Å². The Labute approximate surface area is 137 Å². The lowest BCUT2D eigenvalue weighted by atomic mass is 10.2. The maximum absolute atomic E-state index is 12.7. The van der Waals surface area contributed by atoms with Crippen LogP contribution in [0.25, 0.3) is 0 Å². The lowest BCUT2D eigenvalue weighted by Gasteiger charge is -2.14. The molecule has 1 N–H and O–H groups in total. The topological polar surface area (TPSA) is 76.9 Å². The van der Waals surface area contributed by atoms with Gasteiger partial charge in [-0.3, -0.25) is 14.2 Å². The average molecular weight is 328 g/mol. The molecule has 0 fully saturated rings. The number of nitrogens with one attached hydrogen (secondary N) is 1. The Morgan fingerprint density at radius 1 is 1.39 bits per heavy atom. The molecule has 0 saturated heterocycles. The monoisotopic (exact) mass is 328 g/mol. The van der Waals surface area contributed by atoms with Gasteiger partial charge in [-0.1, -0.05) is 17.8 Å². The van der Waals surface area contributed by atoms with Crippen LogP contribution in [0.5, 0.6) is 0 Å². The van der Waals surface area contributed by atoms with Gasteiger partial charge in [-0.2, -0.15) is 0 Å². The van der Waals surface area contributed by atoms with Gasteiger partial charge in [-0.15, -0.1) is 0 Å². The van der Waals surface area contributed by atoms with E-state index < -0.39 is 0 Å². The summed E-state index contributed by atoms with van der Waals surface area (Å²) in [5.41, 5.74) is 1.84. The van der Waals surface area contributed by atoms with Crippen molar-refractivity contribution in [1.29, 1.82) is 0 Å². The summed E-state index contributed by atoms with van der Waals surface area (Å²) in [5.74, 6) is 1.11. The standard InChI is InChI=1S/C16H16N4O2S/c21-14(19-13-6-1-2-7-17-13)8-10-9-23-16-18-12-5-3-4-11(12)15(22)20(10)16/h1-2,6-7,10H,3-5,8-9H2,(H,17,19,21). The van der Waals surface area contributed by atoms with Crippen LogP contribution in [-0.2, 0) is 17.6 Å². The average Bonchev–Trinajstić information content (AvgIpc) is 3.16. The summed E-state index contributed by atoms with van der Waals surface area (Å²) in [6.07, 6.45) is 4.59. The number of thioether (sulfide) groups is 1. The van der Waals surface area contributed by atoms with Crippen LogP contribution in [0.4, 0.5) is 5.82 Å². The number of carbonyl (C=O) groups is 1. The molecule has 6 nitrogen and oxygen atoms in total. The number of amides is 1. The minimum absolute atomic E-state index is 0.0446. The number of carbonyl (C=O) groups excluding carboxylic acids is 1. The van der Waals surface area contributed by atoms with Crippen LogP contribution < -0.4 is 10.9 Å². The van der Waals surface area contributed by atoms with E-state index in [-0.39, 0.29) is 23.9 Å². The predicted molar refractivity (Wildman–Crippen MR) is 87.8 cm³/mol. The van der Waals surface area contributed by atoms with Gasteiger partial charge in [0, 0.05) is 23.9 Å². The van der Waals surface area contributed by atoms with E-state index in [2.05, 4.69) is 15.3 Å². The van der Waals surface area contributed by atoms with E-state index >= 15 is 0 Å². The fraction of sp³-hybridized carbons (Fsp3) is 0.375. The zero-order valence-corrected chi connectivity index (χ0v) is 13.3. The number of hydrogen-bond acceptors (Lipinski definition) is 5. The van der Waals surface area contributed by atoms with Crippen molar-refractivity contribution in [3.05, 3.63) is 46.0 Å². The summed E-state index contributed by atoms with van der Waals surface area (Å²) in [5, 5.41) is 3.53. The van der Waals surface area contributed by atoms with E-state index in [4.69, 9.17) is 0 Å². The van der Waals surface area contributed by atoms with Crippen molar-refractivity contribution in [3.63, 3.8) is 0 Å². The molecule has 0 aromatic carbocycles. The number of aryl methyl sites for hydroxylation is 1. The number of fused-ring (bicyclic) bond motifs is 2. The summed E-state index contributed by atoms with van der Waals surface area (Å²) in [4.78, 5) is 33.6. The number of hydrogen-bond donors (Lipinski definition) is 1. The summed E-state index contributed by atoms with van der Waals surface area (Å²) in [6.45, 7) is 0. The van der Waals surface area contributed by atoms with Gasteiger partial charge in [0.05, 0.1) is 11.7 Å². The molecule has 1 atom stereocenters. The molecule has 0 spiro atoms. The molecule has 0 radical (unpaired) electrons. The molecule has 2 aromatic rings. The largest absolute Gasteiger partial charge is 0.311 e. The molecule has 4 rings (SSSR count). The SMILES string of the molecule is O=C(CC1CSc2nc3c(c(=O)n21)CCC3)Nc1ccccn1. The number of rotatable bonds is 3. The van der Waals surface area contributed by atoms with Crippen LogP contribution in [0.3, 0.4) is 0 Å². The summed E-state index contributed by atoms with van der Waals surface area (Å²) in [7, 11) is 0. The molecule has 0 saturated carbocycles. The second kappa shape index (κ2) is 5.81. The molecule has 2 aliphatic rings. The van der Waals surface area contributed by atoms with Crippen molar-refractivity contribution in [3.8, 4) is 0 Å². The minimum atomic E-state index is -0.135. The molecule has 7 heteroatoms. The van der Waals surface area contributed by atoms with Gasteiger partial charge in [-0.05, 0) is 31.4 Å². The van der Waals surface area contributed by atoms with Gasteiger partial charge in [0.2, 0.25) is 5.91 Å². The van der Waals surface area contributed by atoms with Crippen LogP contribution in [0, 0.1) is 0 Å². The molecule has 2 aromatic heterocycles. The third kappa shape index (κ3) is 2.65. The molecule has 1 aliphatic carbocycles. The quantitative estimate of drug-likeness (QED) is 0.870. The second-order valence-corrected chi connectivity index (χ2v) is 6.77. The number of anilines is 1. The molecule has 118 valence electrons. The Morgan fingerprint density at radius 2 is 2.30 bits per heavy atom. The molecule has 3 heterocycles. The van der Waals surface area contributed by atoms with Crippen molar-refractivity contribution in [2.75, 3.05) is 11.1 Å². The van der Waals surface area contributed by atoms with Crippen LogP contribution >= 0.6 is 11.8 Å². The molecular weight excluding hydrogens is 312 g/mol. The van der Waals surface area contributed by atoms with Gasteiger partial charge in [0.15, 0.2) is 5.16 Å². The highest BCUT2D eigenvalue weighted by Gasteiger charge is 2.31. The van der Waals surface area contributed by atoms with Gasteiger partial charge in [0.1, 0.15) is 5.82 Å². The van der Waals surface area contributed by atoms with Crippen LogP contribution in [0.2, 0.25) is 0 Å². The van der Waals surface area contributed by atoms with E-state index in [1.807, 2.05) is 6.07 Å². The molecule has 1 unspecified atom stereocenters. The van der Waals surface area contributed by atoms with Crippen LogP contribution in [0.15, 0.2) is 34.3 Å². The van der Waals surface area contributed by atoms with E-state index in [1.54, 1.807) is 34.7 Å². The first-order valence-electron chi connectivity index (χ1n) is 7.70. The normalized spacial score (nSPS) is 18.5. The summed E-state index contributed by atoms with van der Waals surface area (Å²) >= 11 is 1.56. The zero-order chi connectivity index (χ0) is 15.8. The highest BCUT2D eigenvalue weighted by atomic mass is 32.2. The first-order valence-corrected chi connectivity index (χ1v) is 8.69. The summed E-state index contributed by atoms with van der Waals surface area (Å²) < 4.78 is 1.72. The lowest BCUT2D eigenvalue weighted by molar-refractivity contribution is -0.116. The van der Waals surface area contributed by atoms with E-state index in [1.165, 1.54) is 0 Å². The van der Waals surface area contributed by atoms with Crippen LogP contribution in [-0.4, -0.2) is 26.2 Å². The van der Waals surface area contributed by atoms with Crippen molar-refractivity contribution in [2.24, 2.45) is 0 Å². The lowest BCUT2D eigenvalue weighted by Crippen LogP contribution is -2.30. The maximum Gasteiger partial charge on any atom is 0.257 e. The Hall–Kier alpha value is -2.15. The molecular formula is C16H16N4O2S. The highest BCUT2D eigenvalue weighted by molar-refractivity contribution is 7.99. The Morgan fingerprint density at radius 3 is 3.13 bits per heavy atom. The Bertz CT molecular complexity index is 819. The van der Waals surface area contributed by atoms with E-state index in [0.29, 0.717) is 11.6 Å². The maximum atomic E-state index is 12.7. The fourth-order valence-electron chi connectivity index (χ4n) is 3.15. The summed E-state index contributed by atoms with van der Waals surface area (Å²) in [6, 6.07) is 5.23. The third-order valence-electron chi connectivity index (χ3n) is 4.23. The second-order valence-electron chi connectivity index (χ2n) is 5.78. The first kappa shape index (κ1) is 14.4. The predicted octanol–water partition coefficient (Wildman–Crippen LogP) is 1.80. The first-order chi connectivity index (χ1) is 11.2. The van der Waals surface area contributed by atoms with Gasteiger partial charge < -0.3 is 5.32 Å². The van der Waals surface area contributed by atoms with Crippen molar-refractivity contribution in [2.45, 2.75) is 36.9 Å². The third-order valence-corrected chi connectivity index (χ3v) is 5.32. The number of pyridine rings is 1. The van der Waals surface area contributed by atoms with Gasteiger partial charge >= 0.3 is 0 Å². The van der Waals surface area contributed by atoms with Crippen molar-refractivity contribution >= 4 is 23.5 Å². The molecule has 1 amide bonds. The Balaban J connectivity index is 1.55. The number of nitrogens with zero attached hydrogens (tertiary/aromatic N) is 3. The molecule has 23 heavy (non-hydrogen) atoms. The Kier molecular flexibility index (Phi) is 3.65. The van der Waals surface area contributed by atoms with Crippen molar-refractivity contribution < 1.29 is 4.79 Å². The van der Waals surface area contributed by atoms with E-state index in [0.717, 1.165) is 35.7 Å². The molecule has 1 aliphatic heterocycles. The fourth-order valence-corrected chi connectivity index (χ4v) is 4.30. The minimum Gasteiger partial charge on any atom is -0.311 e. The number of aromatic nitrogens is 3. The van der Waals surface area contributed by atoms with Gasteiger partial charge in [-0.25, -0.2) is 9.97 Å². The zero-order valence-electron chi connectivity index (χ0n) is 12.5.